The SMILES string of the molecule is CSc1cc(Br)cc(Br)c1-n1cc(C)c2c(N3CCCC(CO)C3)nc(C)nc21. The Morgan fingerprint density at radius 3 is 2.76 bits per heavy atom. The first kappa shape index (κ1) is 21.2. The zero-order valence-corrected chi connectivity index (χ0v) is 20.7. The molecule has 29 heavy (non-hydrogen) atoms. The number of aliphatic hydroxyl groups excluding tert-OH is 1. The lowest BCUT2D eigenvalue weighted by atomic mass is 9.99. The molecule has 1 unspecified atom stereocenters. The van der Waals surface area contributed by atoms with Gasteiger partial charge in [0.1, 0.15) is 11.6 Å². The molecule has 3 aromatic rings. The van der Waals surface area contributed by atoms with Gasteiger partial charge in [0.25, 0.3) is 0 Å². The number of halogens is 2. The van der Waals surface area contributed by atoms with E-state index in [1.807, 2.05) is 6.92 Å². The second-order valence-electron chi connectivity index (χ2n) is 7.55. The summed E-state index contributed by atoms with van der Waals surface area (Å²) in [6.07, 6.45) is 6.39. The summed E-state index contributed by atoms with van der Waals surface area (Å²) in [7, 11) is 0. The highest BCUT2D eigenvalue weighted by molar-refractivity contribution is 9.11. The van der Waals surface area contributed by atoms with E-state index in [2.05, 4.69) is 72.8 Å². The quantitative estimate of drug-likeness (QED) is 0.444. The molecule has 3 heterocycles. The summed E-state index contributed by atoms with van der Waals surface area (Å²) in [5.74, 6) is 2.05. The van der Waals surface area contributed by atoms with Gasteiger partial charge in [0, 0.05) is 39.7 Å². The number of aromatic nitrogens is 3. The monoisotopic (exact) mass is 538 g/mol. The molecule has 0 bridgehead atoms. The minimum atomic E-state index is 0.229. The van der Waals surface area contributed by atoms with Gasteiger partial charge in [-0.15, -0.1) is 11.8 Å². The summed E-state index contributed by atoms with van der Waals surface area (Å²) in [6, 6.07) is 4.21. The molecule has 4 rings (SSSR count). The maximum absolute atomic E-state index is 9.67. The molecule has 0 aliphatic carbocycles. The Morgan fingerprint density at radius 2 is 2.03 bits per heavy atom. The number of benzene rings is 1. The Kier molecular flexibility index (Phi) is 6.25. The number of piperidine rings is 1. The predicted molar refractivity (Wildman–Crippen MR) is 128 cm³/mol. The van der Waals surface area contributed by atoms with Crippen LogP contribution in [0.4, 0.5) is 5.82 Å². The van der Waals surface area contributed by atoms with Gasteiger partial charge in [-0.2, -0.15) is 0 Å². The van der Waals surface area contributed by atoms with Gasteiger partial charge in [0.2, 0.25) is 0 Å². The molecule has 0 spiro atoms. The number of aliphatic hydroxyl groups is 1. The van der Waals surface area contributed by atoms with Crippen molar-refractivity contribution in [3.8, 4) is 5.69 Å². The molecule has 0 amide bonds. The van der Waals surface area contributed by atoms with Crippen molar-refractivity contribution in [3.63, 3.8) is 0 Å². The number of aryl methyl sites for hydroxylation is 2. The highest BCUT2D eigenvalue weighted by Gasteiger charge is 2.25. The molecule has 0 saturated carbocycles. The van der Waals surface area contributed by atoms with Gasteiger partial charge in [-0.3, -0.25) is 4.57 Å². The molecular formula is C21H24Br2N4OS. The lowest BCUT2D eigenvalue weighted by Crippen LogP contribution is -2.37. The summed E-state index contributed by atoms with van der Waals surface area (Å²) in [5, 5.41) is 10.8. The largest absolute Gasteiger partial charge is 0.396 e. The molecule has 154 valence electrons. The molecule has 1 aliphatic rings. The van der Waals surface area contributed by atoms with Crippen LogP contribution in [0.15, 0.2) is 32.2 Å². The Balaban J connectivity index is 1.93. The van der Waals surface area contributed by atoms with Gasteiger partial charge < -0.3 is 10.0 Å². The maximum atomic E-state index is 9.67. The minimum Gasteiger partial charge on any atom is -0.396 e. The van der Waals surface area contributed by atoms with Crippen molar-refractivity contribution in [2.75, 3.05) is 30.9 Å². The summed E-state index contributed by atoms with van der Waals surface area (Å²) in [6.45, 7) is 6.11. The fraction of sp³-hybridized carbons (Fsp3) is 0.429. The summed E-state index contributed by atoms with van der Waals surface area (Å²) >= 11 is 9.07. The van der Waals surface area contributed by atoms with E-state index < -0.39 is 0 Å². The third kappa shape index (κ3) is 3.96. The number of fused-ring (bicyclic) bond motifs is 1. The van der Waals surface area contributed by atoms with Crippen LogP contribution in [0.2, 0.25) is 0 Å². The van der Waals surface area contributed by atoms with Crippen molar-refractivity contribution in [1.82, 2.24) is 14.5 Å². The van der Waals surface area contributed by atoms with Gasteiger partial charge in [-0.1, -0.05) is 15.9 Å². The highest BCUT2D eigenvalue weighted by atomic mass is 79.9. The summed E-state index contributed by atoms with van der Waals surface area (Å²) in [5.41, 5.74) is 3.17. The molecule has 1 aromatic carbocycles. The third-order valence-electron chi connectivity index (χ3n) is 5.46. The second-order valence-corrected chi connectivity index (χ2v) is 10.2. The average Bonchev–Trinajstić information content (AvgIpc) is 3.02. The lowest BCUT2D eigenvalue weighted by Gasteiger charge is -2.33. The van der Waals surface area contributed by atoms with E-state index in [1.54, 1.807) is 11.8 Å². The zero-order chi connectivity index (χ0) is 20.7. The highest BCUT2D eigenvalue weighted by Crippen LogP contribution is 2.39. The molecule has 1 saturated heterocycles. The number of rotatable bonds is 4. The van der Waals surface area contributed by atoms with Crippen LogP contribution >= 0.6 is 43.6 Å². The standard InChI is InChI=1S/C21H24Br2N4OS/c1-12-9-27(19-16(23)7-15(22)8-17(19)29-3)21-18(12)20(24-13(2)25-21)26-6-4-5-14(10-26)11-28/h7-9,14,28H,4-6,10-11H2,1-3H3. The topological polar surface area (TPSA) is 54.2 Å². The van der Waals surface area contributed by atoms with Crippen LogP contribution in [-0.2, 0) is 0 Å². The number of hydrogen-bond acceptors (Lipinski definition) is 5. The predicted octanol–water partition coefficient (Wildman–Crippen LogP) is 5.49. The molecule has 5 nitrogen and oxygen atoms in total. The molecular weight excluding hydrogens is 516 g/mol. The third-order valence-corrected chi connectivity index (χ3v) is 7.27. The maximum Gasteiger partial charge on any atom is 0.150 e. The van der Waals surface area contributed by atoms with E-state index in [0.29, 0.717) is 5.92 Å². The molecule has 1 aliphatic heterocycles. The molecule has 8 heteroatoms. The Morgan fingerprint density at radius 1 is 1.24 bits per heavy atom. The van der Waals surface area contributed by atoms with Crippen molar-refractivity contribution in [2.24, 2.45) is 5.92 Å². The van der Waals surface area contributed by atoms with Gasteiger partial charge >= 0.3 is 0 Å². The van der Waals surface area contributed by atoms with Crippen LogP contribution < -0.4 is 4.90 Å². The van der Waals surface area contributed by atoms with Crippen molar-refractivity contribution in [3.05, 3.63) is 38.7 Å². The van der Waals surface area contributed by atoms with Crippen molar-refractivity contribution in [1.29, 1.82) is 0 Å². The van der Waals surface area contributed by atoms with E-state index in [4.69, 9.17) is 9.97 Å². The normalized spacial score (nSPS) is 17.3. The van der Waals surface area contributed by atoms with Crippen LogP contribution in [-0.4, -0.2) is 45.6 Å². The Bertz CT molecular complexity index is 1070. The smallest absolute Gasteiger partial charge is 0.150 e. The summed E-state index contributed by atoms with van der Waals surface area (Å²) < 4.78 is 4.24. The number of anilines is 1. The van der Waals surface area contributed by atoms with Crippen molar-refractivity contribution in [2.45, 2.75) is 31.6 Å². The van der Waals surface area contributed by atoms with Crippen LogP contribution in [0, 0.1) is 19.8 Å². The first-order chi connectivity index (χ1) is 13.9. The van der Waals surface area contributed by atoms with Crippen LogP contribution in [0.3, 0.4) is 0 Å². The fourth-order valence-electron chi connectivity index (χ4n) is 4.13. The van der Waals surface area contributed by atoms with Crippen LogP contribution in [0.1, 0.15) is 24.2 Å². The van der Waals surface area contributed by atoms with Gasteiger partial charge in [0.15, 0.2) is 5.65 Å². The fourth-order valence-corrected chi connectivity index (χ4v) is 6.47. The first-order valence-electron chi connectivity index (χ1n) is 9.68. The molecule has 2 aromatic heterocycles. The van der Waals surface area contributed by atoms with Gasteiger partial charge in [-0.25, -0.2) is 9.97 Å². The van der Waals surface area contributed by atoms with Crippen LogP contribution in [0.5, 0.6) is 0 Å². The number of hydrogen-bond donors (Lipinski definition) is 1. The molecule has 1 N–H and O–H groups in total. The minimum absolute atomic E-state index is 0.229. The molecule has 1 atom stereocenters. The number of nitrogens with zero attached hydrogens (tertiary/aromatic N) is 4. The Hall–Kier alpha value is -1.09. The molecule has 0 radical (unpaired) electrons. The van der Waals surface area contributed by atoms with E-state index in [1.165, 1.54) is 4.90 Å². The van der Waals surface area contributed by atoms with Crippen LogP contribution in [0.25, 0.3) is 16.7 Å². The first-order valence-corrected chi connectivity index (χ1v) is 12.5. The van der Waals surface area contributed by atoms with Gasteiger partial charge in [0.05, 0.1) is 11.1 Å². The van der Waals surface area contributed by atoms with E-state index in [9.17, 15) is 5.11 Å². The van der Waals surface area contributed by atoms with Crippen molar-refractivity contribution < 1.29 is 5.11 Å². The summed E-state index contributed by atoms with van der Waals surface area (Å²) in [4.78, 5) is 13.2. The lowest BCUT2D eigenvalue weighted by molar-refractivity contribution is 0.208. The molecule has 1 fully saturated rings. The second kappa shape index (κ2) is 8.57. The number of thioether (sulfide) groups is 1. The van der Waals surface area contributed by atoms with Gasteiger partial charge in [-0.05, 0) is 72.5 Å². The Labute approximate surface area is 192 Å². The van der Waals surface area contributed by atoms with E-state index in [-0.39, 0.29) is 6.61 Å². The average molecular weight is 540 g/mol. The van der Waals surface area contributed by atoms with Crippen molar-refractivity contribution >= 4 is 60.5 Å². The zero-order valence-electron chi connectivity index (χ0n) is 16.7. The van der Waals surface area contributed by atoms with E-state index in [0.717, 1.165) is 68.8 Å². The van der Waals surface area contributed by atoms with E-state index >= 15 is 0 Å².